The second kappa shape index (κ2) is 5.75. The fourth-order valence-electron chi connectivity index (χ4n) is 2.63. The summed E-state index contributed by atoms with van der Waals surface area (Å²) >= 11 is 0. The molecule has 0 aliphatic carbocycles. The standard InChI is InChI=1S/C16H18N4O3/c1-4-23-12-8-6-5-7-11(12)9-20-10-17-14-13(20)15(21)19(3)16(22)18(14)2/h5-8,10H,4,9H2,1-3H3. The van der Waals surface area contributed by atoms with Gasteiger partial charge in [0.05, 0.1) is 19.5 Å². The number of imidazole rings is 1. The van der Waals surface area contributed by atoms with Crippen molar-refractivity contribution in [3.8, 4) is 5.75 Å². The van der Waals surface area contributed by atoms with Gasteiger partial charge in [-0.05, 0) is 13.0 Å². The zero-order valence-corrected chi connectivity index (χ0v) is 13.3. The van der Waals surface area contributed by atoms with Crippen LogP contribution in [0.5, 0.6) is 5.75 Å². The molecule has 0 bridgehead atoms. The van der Waals surface area contributed by atoms with Crippen molar-refractivity contribution in [2.75, 3.05) is 6.61 Å². The first-order valence-electron chi connectivity index (χ1n) is 7.36. The predicted octanol–water partition coefficient (Wildman–Crippen LogP) is 0.881. The summed E-state index contributed by atoms with van der Waals surface area (Å²) in [5, 5.41) is 0. The minimum absolute atomic E-state index is 0.352. The molecular weight excluding hydrogens is 296 g/mol. The summed E-state index contributed by atoms with van der Waals surface area (Å²) in [5.41, 5.74) is 0.995. The van der Waals surface area contributed by atoms with E-state index >= 15 is 0 Å². The van der Waals surface area contributed by atoms with Crippen LogP contribution in [0.1, 0.15) is 12.5 Å². The Hall–Kier alpha value is -2.83. The van der Waals surface area contributed by atoms with E-state index in [0.717, 1.165) is 15.9 Å². The molecule has 2 aromatic heterocycles. The molecule has 0 amide bonds. The van der Waals surface area contributed by atoms with Crippen LogP contribution in [0.4, 0.5) is 0 Å². The molecular formula is C16H18N4O3. The van der Waals surface area contributed by atoms with Crippen LogP contribution < -0.4 is 16.0 Å². The van der Waals surface area contributed by atoms with Gasteiger partial charge in [0.15, 0.2) is 11.2 Å². The highest BCUT2D eigenvalue weighted by Crippen LogP contribution is 2.20. The lowest BCUT2D eigenvalue weighted by atomic mass is 10.2. The van der Waals surface area contributed by atoms with Crippen molar-refractivity contribution in [2.24, 2.45) is 14.1 Å². The highest BCUT2D eigenvalue weighted by atomic mass is 16.5. The summed E-state index contributed by atoms with van der Waals surface area (Å²) in [7, 11) is 3.07. The maximum Gasteiger partial charge on any atom is 0.332 e. The Balaban J connectivity index is 2.16. The number of aromatic nitrogens is 4. The number of benzene rings is 1. The zero-order chi connectivity index (χ0) is 16.6. The number of para-hydroxylation sites is 1. The Morgan fingerprint density at radius 3 is 2.61 bits per heavy atom. The quantitative estimate of drug-likeness (QED) is 0.717. The normalized spacial score (nSPS) is 11.1. The molecule has 0 fully saturated rings. The van der Waals surface area contributed by atoms with Crippen LogP contribution in [0.15, 0.2) is 40.2 Å². The Labute approximate surface area is 132 Å². The molecule has 0 atom stereocenters. The molecule has 0 saturated carbocycles. The van der Waals surface area contributed by atoms with Crippen molar-refractivity contribution in [3.05, 3.63) is 57.0 Å². The van der Waals surface area contributed by atoms with Crippen molar-refractivity contribution in [1.82, 2.24) is 18.7 Å². The van der Waals surface area contributed by atoms with Gasteiger partial charge >= 0.3 is 5.69 Å². The predicted molar refractivity (Wildman–Crippen MR) is 86.9 cm³/mol. The van der Waals surface area contributed by atoms with E-state index in [1.807, 2.05) is 31.2 Å². The number of hydrogen-bond donors (Lipinski definition) is 0. The number of fused-ring (bicyclic) bond motifs is 1. The molecule has 0 unspecified atom stereocenters. The summed E-state index contributed by atoms with van der Waals surface area (Å²) in [6.45, 7) is 2.94. The number of rotatable bonds is 4. The Kier molecular flexibility index (Phi) is 3.77. The fraction of sp³-hybridized carbons (Fsp3) is 0.312. The molecule has 3 aromatic rings. The Morgan fingerprint density at radius 1 is 1.13 bits per heavy atom. The Morgan fingerprint density at radius 2 is 1.87 bits per heavy atom. The van der Waals surface area contributed by atoms with Gasteiger partial charge in [-0.15, -0.1) is 0 Å². The summed E-state index contributed by atoms with van der Waals surface area (Å²) in [6.07, 6.45) is 1.58. The minimum Gasteiger partial charge on any atom is -0.494 e. The third-order valence-corrected chi connectivity index (χ3v) is 3.83. The van der Waals surface area contributed by atoms with Crippen molar-refractivity contribution in [2.45, 2.75) is 13.5 Å². The summed E-state index contributed by atoms with van der Waals surface area (Å²) in [6, 6.07) is 7.67. The second-order valence-electron chi connectivity index (χ2n) is 5.29. The SMILES string of the molecule is CCOc1ccccc1Cn1cnc2c1c(=O)n(C)c(=O)n2C. The molecule has 7 nitrogen and oxygen atoms in total. The van der Waals surface area contributed by atoms with E-state index < -0.39 is 0 Å². The minimum atomic E-state index is -0.387. The first-order chi connectivity index (χ1) is 11.0. The van der Waals surface area contributed by atoms with Crippen LogP contribution in [0.3, 0.4) is 0 Å². The molecule has 7 heteroatoms. The van der Waals surface area contributed by atoms with Crippen LogP contribution in [0.2, 0.25) is 0 Å². The van der Waals surface area contributed by atoms with Crippen LogP contribution in [0, 0.1) is 0 Å². The van der Waals surface area contributed by atoms with E-state index in [0.29, 0.717) is 24.3 Å². The van der Waals surface area contributed by atoms with E-state index in [-0.39, 0.29) is 11.2 Å². The molecule has 0 radical (unpaired) electrons. The lowest BCUT2D eigenvalue weighted by Crippen LogP contribution is -2.37. The number of hydrogen-bond acceptors (Lipinski definition) is 4. The molecule has 0 aliphatic heterocycles. The molecule has 2 heterocycles. The van der Waals surface area contributed by atoms with E-state index in [9.17, 15) is 9.59 Å². The van der Waals surface area contributed by atoms with Gasteiger partial charge in [0, 0.05) is 19.7 Å². The molecule has 0 spiro atoms. The Bertz CT molecular complexity index is 981. The van der Waals surface area contributed by atoms with Gasteiger partial charge in [-0.2, -0.15) is 0 Å². The maximum atomic E-state index is 12.4. The molecule has 1 aromatic carbocycles. The third-order valence-electron chi connectivity index (χ3n) is 3.83. The van der Waals surface area contributed by atoms with Gasteiger partial charge < -0.3 is 9.30 Å². The van der Waals surface area contributed by atoms with E-state index in [2.05, 4.69) is 4.98 Å². The van der Waals surface area contributed by atoms with E-state index in [1.54, 1.807) is 17.9 Å². The van der Waals surface area contributed by atoms with Gasteiger partial charge in [0.25, 0.3) is 5.56 Å². The lowest BCUT2D eigenvalue weighted by molar-refractivity contribution is 0.336. The van der Waals surface area contributed by atoms with Gasteiger partial charge in [-0.25, -0.2) is 9.78 Å². The first-order valence-corrected chi connectivity index (χ1v) is 7.36. The topological polar surface area (TPSA) is 71.1 Å². The van der Waals surface area contributed by atoms with E-state index in [1.165, 1.54) is 11.6 Å². The van der Waals surface area contributed by atoms with Crippen LogP contribution in [0.25, 0.3) is 11.2 Å². The fourth-order valence-corrected chi connectivity index (χ4v) is 2.63. The lowest BCUT2D eigenvalue weighted by Gasteiger charge is -2.11. The largest absolute Gasteiger partial charge is 0.494 e. The van der Waals surface area contributed by atoms with Crippen molar-refractivity contribution in [3.63, 3.8) is 0 Å². The van der Waals surface area contributed by atoms with Gasteiger partial charge in [-0.3, -0.25) is 13.9 Å². The van der Waals surface area contributed by atoms with Gasteiger partial charge in [0.1, 0.15) is 5.75 Å². The summed E-state index contributed by atoms with van der Waals surface area (Å²) in [4.78, 5) is 28.6. The van der Waals surface area contributed by atoms with Gasteiger partial charge in [0.2, 0.25) is 0 Å². The molecule has 0 saturated heterocycles. The van der Waals surface area contributed by atoms with Crippen LogP contribution in [-0.4, -0.2) is 25.3 Å². The van der Waals surface area contributed by atoms with Crippen LogP contribution in [-0.2, 0) is 20.6 Å². The number of aryl methyl sites for hydroxylation is 1. The van der Waals surface area contributed by atoms with Crippen molar-refractivity contribution in [1.29, 1.82) is 0 Å². The highest BCUT2D eigenvalue weighted by molar-refractivity contribution is 5.70. The van der Waals surface area contributed by atoms with Crippen molar-refractivity contribution >= 4 is 11.2 Å². The molecule has 0 N–H and O–H groups in total. The zero-order valence-electron chi connectivity index (χ0n) is 13.3. The maximum absolute atomic E-state index is 12.4. The number of ether oxygens (including phenoxy) is 1. The monoisotopic (exact) mass is 314 g/mol. The molecule has 0 aliphatic rings. The third kappa shape index (κ3) is 2.44. The van der Waals surface area contributed by atoms with Crippen LogP contribution >= 0.6 is 0 Å². The summed E-state index contributed by atoms with van der Waals surface area (Å²) in [5.74, 6) is 0.776. The van der Waals surface area contributed by atoms with Crippen molar-refractivity contribution < 1.29 is 4.74 Å². The first kappa shape index (κ1) is 15.1. The van der Waals surface area contributed by atoms with Gasteiger partial charge in [-0.1, -0.05) is 18.2 Å². The average Bonchev–Trinajstić information content (AvgIpc) is 2.97. The summed E-state index contributed by atoms with van der Waals surface area (Å²) < 4.78 is 9.84. The highest BCUT2D eigenvalue weighted by Gasteiger charge is 2.15. The molecule has 3 rings (SSSR count). The van der Waals surface area contributed by atoms with E-state index in [4.69, 9.17) is 4.74 Å². The second-order valence-corrected chi connectivity index (χ2v) is 5.29. The average molecular weight is 314 g/mol. The molecule has 23 heavy (non-hydrogen) atoms. The molecule has 120 valence electrons. The smallest absolute Gasteiger partial charge is 0.332 e. The number of nitrogens with zero attached hydrogens (tertiary/aromatic N) is 4.